The summed E-state index contributed by atoms with van der Waals surface area (Å²) in [5.74, 6) is 1.36. The highest BCUT2D eigenvalue weighted by molar-refractivity contribution is 7.89. The van der Waals surface area contributed by atoms with E-state index in [1.165, 1.54) is 23.5 Å². The number of aromatic nitrogens is 2. The number of piperazine rings is 1. The average molecular weight is 433 g/mol. The summed E-state index contributed by atoms with van der Waals surface area (Å²) in [4.78, 5) is 23.1. The second kappa shape index (κ2) is 8.69. The first-order chi connectivity index (χ1) is 14.1. The van der Waals surface area contributed by atoms with Crippen molar-refractivity contribution in [3.63, 3.8) is 0 Å². The Morgan fingerprint density at radius 3 is 2.30 bits per heavy atom. The normalized spacial score (nSPS) is 15.5. The molecule has 30 heavy (non-hydrogen) atoms. The van der Waals surface area contributed by atoms with Crippen LogP contribution in [0.25, 0.3) is 0 Å². The summed E-state index contributed by atoms with van der Waals surface area (Å²) in [7, 11) is -2.36. The van der Waals surface area contributed by atoms with Crippen LogP contribution in [0.15, 0.2) is 29.2 Å². The molecule has 0 atom stereocenters. The molecule has 0 aliphatic carbocycles. The van der Waals surface area contributed by atoms with Gasteiger partial charge in [-0.15, -0.1) is 0 Å². The topological polar surface area (TPSA) is 92.7 Å². The molecule has 1 aliphatic heterocycles. The number of hydrogen-bond acceptors (Lipinski definition) is 7. The zero-order valence-corrected chi connectivity index (χ0v) is 18.9. The van der Waals surface area contributed by atoms with Gasteiger partial charge < -0.3 is 9.64 Å². The fourth-order valence-electron chi connectivity index (χ4n) is 3.47. The number of aryl methyl sites for hydroxylation is 2. The Bertz CT molecular complexity index is 1040. The van der Waals surface area contributed by atoms with E-state index >= 15 is 0 Å². The van der Waals surface area contributed by atoms with Gasteiger partial charge in [0, 0.05) is 43.9 Å². The second-order valence-electron chi connectivity index (χ2n) is 7.74. The standard InChI is InChI=1S/C21H28N4O4S/c1-14(2)20-22-16(4)13-19(23-20)24-8-10-25(11-9-24)30(27,28)18-7-6-17(12-15(18)3)21(26)29-5/h6-7,12-14H,8-11H2,1-5H3. The van der Waals surface area contributed by atoms with Crippen LogP contribution in [0.4, 0.5) is 5.82 Å². The van der Waals surface area contributed by atoms with Crippen LogP contribution in [0.5, 0.6) is 0 Å². The van der Waals surface area contributed by atoms with E-state index in [2.05, 4.69) is 28.7 Å². The number of anilines is 1. The molecule has 3 rings (SSSR count). The Morgan fingerprint density at radius 1 is 1.07 bits per heavy atom. The highest BCUT2D eigenvalue weighted by Gasteiger charge is 2.30. The van der Waals surface area contributed by atoms with Gasteiger partial charge in [0.2, 0.25) is 10.0 Å². The molecule has 9 heteroatoms. The number of nitrogens with zero attached hydrogens (tertiary/aromatic N) is 4. The summed E-state index contributed by atoms with van der Waals surface area (Å²) < 4.78 is 32.5. The van der Waals surface area contributed by atoms with E-state index in [0.29, 0.717) is 37.3 Å². The minimum atomic E-state index is -3.66. The molecule has 0 spiro atoms. The molecule has 0 amide bonds. The molecule has 0 radical (unpaired) electrons. The lowest BCUT2D eigenvalue weighted by molar-refractivity contribution is 0.0600. The van der Waals surface area contributed by atoms with Crippen molar-refractivity contribution >= 4 is 21.8 Å². The molecule has 2 aromatic rings. The molecule has 1 aromatic heterocycles. The van der Waals surface area contributed by atoms with Crippen molar-refractivity contribution in [2.45, 2.75) is 38.5 Å². The van der Waals surface area contributed by atoms with Crippen LogP contribution >= 0.6 is 0 Å². The summed E-state index contributed by atoms with van der Waals surface area (Å²) in [6.07, 6.45) is 0. The number of carbonyl (C=O) groups excluding carboxylic acids is 1. The van der Waals surface area contributed by atoms with Crippen LogP contribution in [0.1, 0.15) is 47.2 Å². The molecular formula is C21H28N4O4S. The number of methoxy groups -OCH3 is 1. The summed E-state index contributed by atoms with van der Waals surface area (Å²) in [5.41, 5.74) is 1.76. The van der Waals surface area contributed by atoms with E-state index in [1.54, 1.807) is 13.0 Å². The van der Waals surface area contributed by atoms with Crippen LogP contribution in [-0.2, 0) is 14.8 Å². The Morgan fingerprint density at radius 2 is 1.73 bits per heavy atom. The van der Waals surface area contributed by atoms with E-state index in [0.717, 1.165) is 17.3 Å². The van der Waals surface area contributed by atoms with Crippen molar-refractivity contribution in [1.82, 2.24) is 14.3 Å². The number of ether oxygens (including phenoxy) is 1. The predicted molar refractivity (Wildman–Crippen MR) is 114 cm³/mol. The molecule has 8 nitrogen and oxygen atoms in total. The van der Waals surface area contributed by atoms with Gasteiger partial charge in [-0.2, -0.15) is 4.31 Å². The van der Waals surface area contributed by atoms with Crippen LogP contribution in [0.3, 0.4) is 0 Å². The van der Waals surface area contributed by atoms with Gasteiger partial charge in [0.25, 0.3) is 0 Å². The van der Waals surface area contributed by atoms with Crippen molar-refractivity contribution in [2.75, 3.05) is 38.2 Å². The van der Waals surface area contributed by atoms with Gasteiger partial charge in [0.1, 0.15) is 11.6 Å². The maximum Gasteiger partial charge on any atom is 0.337 e. The molecular weight excluding hydrogens is 404 g/mol. The number of esters is 1. The van der Waals surface area contributed by atoms with Crippen LogP contribution in [0, 0.1) is 13.8 Å². The summed E-state index contributed by atoms with van der Waals surface area (Å²) in [6.45, 7) is 9.55. The molecule has 1 aliphatic rings. The van der Waals surface area contributed by atoms with Crippen molar-refractivity contribution in [3.05, 3.63) is 46.9 Å². The Hall–Kier alpha value is -2.52. The summed E-state index contributed by atoms with van der Waals surface area (Å²) in [5, 5.41) is 0. The number of benzene rings is 1. The van der Waals surface area contributed by atoms with Crippen LogP contribution in [-0.4, -0.2) is 61.9 Å². The number of hydrogen-bond donors (Lipinski definition) is 0. The van der Waals surface area contributed by atoms with E-state index in [1.807, 2.05) is 13.0 Å². The first kappa shape index (κ1) is 22.2. The lowest BCUT2D eigenvalue weighted by Gasteiger charge is -2.35. The third-order valence-electron chi connectivity index (χ3n) is 5.15. The highest BCUT2D eigenvalue weighted by Crippen LogP contribution is 2.24. The maximum absolute atomic E-state index is 13.2. The van der Waals surface area contributed by atoms with E-state index in [-0.39, 0.29) is 10.8 Å². The second-order valence-corrected chi connectivity index (χ2v) is 9.65. The van der Waals surface area contributed by atoms with Gasteiger partial charge in [0.15, 0.2) is 0 Å². The lowest BCUT2D eigenvalue weighted by atomic mass is 10.1. The fourth-order valence-corrected chi connectivity index (χ4v) is 5.10. The molecule has 0 unspecified atom stereocenters. The summed E-state index contributed by atoms with van der Waals surface area (Å²) >= 11 is 0. The van der Waals surface area contributed by atoms with Crippen molar-refractivity contribution in [1.29, 1.82) is 0 Å². The lowest BCUT2D eigenvalue weighted by Crippen LogP contribution is -2.49. The monoisotopic (exact) mass is 432 g/mol. The number of carbonyl (C=O) groups is 1. The van der Waals surface area contributed by atoms with Crippen molar-refractivity contribution in [2.24, 2.45) is 0 Å². The van der Waals surface area contributed by atoms with Crippen molar-refractivity contribution in [3.8, 4) is 0 Å². The van der Waals surface area contributed by atoms with Crippen LogP contribution < -0.4 is 4.90 Å². The van der Waals surface area contributed by atoms with Gasteiger partial charge in [-0.3, -0.25) is 0 Å². The quantitative estimate of drug-likeness (QED) is 0.670. The zero-order valence-electron chi connectivity index (χ0n) is 18.0. The minimum absolute atomic E-state index is 0.212. The molecule has 162 valence electrons. The molecule has 0 N–H and O–H groups in total. The van der Waals surface area contributed by atoms with E-state index in [4.69, 9.17) is 4.74 Å². The first-order valence-corrected chi connectivity index (χ1v) is 11.4. The minimum Gasteiger partial charge on any atom is -0.465 e. The molecule has 0 saturated carbocycles. The van der Waals surface area contributed by atoms with Gasteiger partial charge >= 0.3 is 5.97 Å². The smallest absolute Gasteiger partial charge is 0.337 e. The molecule has 1 saturated heterocycles. The molecule has 1 aromatic carbocycles. The van der Waals surface area contributed by atoms with E-state index in [9.17, 15) is 13.2 Å². The number of rotatable bonds is 5. The van der Waals surface area contributed by atoms with Gasteiger partial charge in [0.05, 0.1) is 17.6 Å². The molecule has 1 fully saturated rings. The zero-order chi connectivity index (χ0) is 22.1. The predicted octanol–water partition coefficient (Wildman–Crippen LogP) is 2.51. The largest absolute Gasteiger partial charge is 0.465 e. The van der Waals surface area contributed by atoms with Crippen LogP contribution in [0.2, 0.25) is 0 Å². The third-order valence-corrected chi connectivity index (χ3v) is 7.21. The first-order valence-electron chi connectivity index (χ1n) is 9.93. The Balaban J connectivity index is 1.77. The van der Waals surface area contributed by atoms with Crippen molar-refractivity contribution < 1.29 is 17.9 Å². The van der Waals surface area contributed by atoms with Gasteiger partial charge in [-0.25, -0.2) is 23.2 Å². The number of sulfonamides is 1. The Kier molecular flexibility index (Phi) is 6.42. The highest BCUT2D eigenvalue weighted by atomic mass is 32.2. The molecule has 2 heterocycles. The maximum atomic E-state index is 13.2. The summed E-state index contributed by atoms with van der Waals surface area (Å²) in [6, 6.07) is 6.45. The molecule has 0 bridgehead atoms. The van der Waals surface area contributed by atoms with E-state index < -0.39 is 16.0 Å². The SMILES string of the molecule is COC(=O)c1ccc(S(=O)(=O)N2CCN(c3cc(C)nc(C(C)C)n3)CC2)c(C)c1. The third kappa shape index (κ3) is 4.46. The Labute approximate surface area is 177 Å². The van der Waals surface area contributed by atoms with Gasteiger partial charge in [-0.1, -0.05) is 13.8 Å². The average Bonchev–Trinajstić information content (AvgIpc) is 2.72. The van der Waals surface area contributed by atoms with Gasteiger partial charge in [-0.05, 0) is 37.6 Å². The fraction of sp³-hybridized carbons (Fsp3) is 0.476.